The Kier molecular flexibility index (Phi) is 4.39. The number of hydrogen-bond donors (Lipinski definition) is 1. The van der Waals surface area contributed by atoms with E-state index in [1.165, 1.54) is 49.8 Å². The van der Waals surface area contributed by atoms with E-state index in [1.54, 1.807) is 0 Å². The second kappa shape index (κ2) is 6.12. The molecular formula is C18H31N3. The van der Waals surface area contributed by atoms with Gasteiger partial charge in [-0.15, -0.1) is 0 Å². The molecule has 1 heterocycles. The molecule has 0 bridgehead atoms. The molecule has 1 saturated carbocycles. The van der Waals surface area contributed by atoms with Crippen molar-refractivity contribution in [2.45, 2.75) is 71.4 Å². The molecule has 4 unspecified atom stereocenters. The summed E-state index contributed by atoms with van der Waals surface area (Å²) in [5, 5.41) is 8.52. The van der Waals surface area contributed by atoms with Gasteiger partial charge in [-0.3, -0.25) is 4.68 Å². The van der Waals surface area contributed by atoms with Gasteiger partial charge in [0.1, 0.15) is 0 Å². The number of aromatic nitrogens is 2. The summed E-state index contributed by atoms with van der Waals surface area (Å²) in [6.45, 7) is 7.21. The zero-order valence-electron chi connectivity index (χ0n) is 14.1. The molecule has 1 N–H and O–H groups in total. The summed E-state index contributed by atoms with van der Waals surface area (Å²) < 4.78 is 2.08. The Bertz CT molecular complexity index is 477. The van der Waals surface area contributed by atoms with Crippen LogP contribution in [-0.2, 0) is 13.5 Å². The van der Waals surface area contributed by atoms with Crippen molar-refractivity contribution in [2.75, 3.05) is 0 Å². The summed E-state index contributed by atoms with van der Waals surface area (Å²) in [5.74, 6) is 2.49. The first-order chi connectivity index (χ1) is 10.1. The Labute approximate surface area is 129 Å². The third-order valence-electron chi connectivity index (χ3n) is 5.81. The van der Waals surface area contributed by atoms with Gasteiger partial charge in [-0.1, -0.05) is 27.2 Å². The van der Waals surface area contributed by atoms with Crippen molar-refractivity contribution in [3.63, 3.8) is 0 Å². The van der Waals surface area contributed by atoms with Gasteiger partial charge in [-0.25, -0.2) is 0 Å². The minimum absolute atomic E-state index is 0.527. The Balaban J connectivity index is 1.76. The van der Waals surface area contributed by atoms with Crippen LogP contribution in [0.1, 0.15) is 70.2 Å². The van der Waals surface area contributed by atoms with Gasteiger partial charge >= 0.3 is 0 Å². The van der Waals surface area contributed by atoms with Crippen molar-refractivity contribution in [2.24, 2.45) is 24.8 Å². The quantitative estimate of drug-likeness (QED) is 0.916. The first-order valence-corrected chi connectivity index (χ1v) is 8.83. The molecule has 3 nitrogen and oxygen atoms in total. The van der Waals surface area contributed by atoms with Gasteiger partial charge in [0.15, 0.2) is 0 Å². The van der Waals surface area contributed by atoms with Crippen molar-refractivity contribution in [1.29, 1.82) is 0 Å². The van der Waals surface area contributed by atoms with Crippen LogP contribution in [0.25, 0.3) is 0 Å². The van der Waals surface area contributed by atoms with Crippen molar-refractivity contribution in [1.82, 2.24) is 15.1 Å². The van der Waals surface area contributed by atoms with E-state index in [1.807, 2.05) is 0 Å². The van der Waals surface area contributed by atoms with Crippen molar-refractivity contribution in [3.05, 3.63) is 17.5 Å². The monoisotopic (exact) mass is 289 g/mol. The Morgan fingerprint density at radius 3 is 2.86 bits per heavy atom. The second-order valence-electron chi connectivity index (χ2n) is 7.71. The van der Waals surface area contributed by atoms with Crippen molar-refractivity contribution in [3.8, 4) is 0 Å². The molecule has 21 heavy (non-hydrogen) atoms. The molecular weight excluding hydrogens is 258 g/mol. The van der Waals surface area contributed by atoms with Gasteiger partial charge in [-0.05, 0) is 49.9 Å². The molecule has 3 heteroatoms. The standard InChI is InChI=1S/C18H31N3/c1-12(2)14-9-8-13(3)10-17(14)20-16-6-5-7-18-15(16)11-19-21(18)4/h11-14,16-17,20H,5-10H2,1-4H3. The van der Waals surface area contributed by atoms with E-state index < -0.39 is 0 Å². The van der Waals surface area contributed by atoms with Crippen LogP contribution >= 0.6 is 0 Å². The van der Waals surface area contributed by atoms with Crippen LogP contribution in [-0.4, -0.2) is 15.8 Å². The summed E-state index contributed by atoms with van der Waals surface area (Å²) in [4.78, 5) is 0. The highest BCUT2D eigenvalue weighted by Crippen LogP contribution is 2.37. The van der Waals surface area contributed by atoms with E-state index >= 15 is 0 Å². The van der Waals surface area contributed by atoms with E-state index in [0.717, 1.165) is 17.8 Å². The SMILES string of the molecule is CC1CCC(C(C)C)C(NC2CCCc3c2cnn3C)C1. The molecule has 2 aliphatic rings. The maximum Gasteiger partial charge on any atom is 0.0540 e. The average Bonchev–Trinajstić information content (AvgIpc) is 2.82. The molecule has 0 radical (unpaired) electrons. The molecule has 1 fully saturated rings. The zero-order valence-corrected chi connectivity index (χ0v) is 14.1. The first kappa shape index (κ1) is 15.1. The number of fused-ring (bicyclic) bond motifs is 1. The summed E-state index contributed by atoms with van der Waals surface area (Å²) in [7, 11) is 2.08. The summed E-state index contributed by atoms with van der Waals surface area (Å²) in [6, 6.07) is 1.21. The predicted molar refractivity (Wildman–Crippen MR) is 87.2 cm³/mol. The number of nitrogens with one attached hydrogen (secondary N) is 1. The number of hydrogen-bond acceptors (Lipinski definition) is 2. The lowest BCUT2D eigenvalue weighted by atomic mass is 9.73. The Morgan fingerprint density at radius 2 is 2.10 bits per heavy atom. The number of rotatable bonds is 3. The van der Waals surface area contributed by atoms with Crippen LogP contribution in [0, 0.1) is 17.8 Å². The summed E-state index contributed by atoms with van der Waals surface area (Å²) >= 11 is 0. The maximum atomic E-state index is 4.49. The number of aryl methyl sites for hydroxylation is 1. The lowest BCUT2D eigenvalue weighted by Crippen LogP contribution is -2.45. The van der Waals surface area contributed by atoms with Crippen LogP contribution in [0.4, 0.5) is 0 Å². The normalized spacial score (nSPS) is 33.2. The topological polar surface area (TPSA) is 29.9 Å². The molecule has 1 aromatic rings. The van der Waals surface area contributed by atoms with Gasteiger partial charge in [0.2, 0.25) is 0 Å². The van der Waals surface area contributed by atoms with Crippen LogP contribution < -0.4 is 5.32 Å². The van der Waals surface area contributed by atoms with Gasteiger partial charge in [0, 0.05) is 30.4 Å². The van der Waals surface area contributed by atoms with Gasteiger partial charge in [0.05, 0.1) is 6.20 Å². The van der Waals surface area contributed by atoms with Crippen LogP contribution in [0.5, 0.6) is 0 Å². The van der Waals surface area contributed by atoms with E-state index in [-0.39, 0.29) is 0 Å². The second-order valence-corrected chi connectivity index (χ2v) is 7.71. The Hall–Kier alpha value is -0.830. The maximum absolute atomic E-state index is 4.49. The molecule has 4 atom stereocenters. The third-order valence-corrected chi connectivity index (χ3v) is 5.81. The molecule has 1 aromatic heterocycles. The van der Waals surface area contributed by atoms with Gasteiger partial charge < -0.3 is 5.32 Å². The first-order valence-electron chi connectivity index (χ1n) is 8.83. The van der Waals surface area contributed by atoms with E-state index in [4.69, 9.17) is 0 Å². The van der Waals surface area contributed by atoms with Gasteiger partial charge in [0.25, 0.3) is 0 Å². The van der Waals surface area contributed by atoms with Crippen molar-refractivity contribution < 1.29 is 0 Å². The molecule has 118 valence electrons. The molecule has 2 aliphatic carbocycles. The summed E-state index contributed by atoms with van der Waals surface area (Å²) in [5.41, 5.74) is 2.91. The van der Waals surface area contributed by atoms with Gasteiger partial charge in [-0.2, -0.15) is 5.10 Å². The minimum atomic E-state index is 0.527. The van der Waals surface area contributed by atoms with Crippen LogP contribution in [0.3, 0.4) is 0 Å². The Morgan fingerprint density at radius 1 is 1.29 bits per heavy atom. The number of nitrogens with zero attached hydrogens (tertiary/aromatic N) is 2. The smallest absolute Gasteiger partial charge is 0.0540 e. The third kappa shape index (κ3) is 3.03. The lowest BCUT2D eigenvalue weighted by molar-refractivity contribution is 0.155. The molecule has 0 aromatic carbocycles. The highest BCUT2D eigenvalue weighted by atomic mass is 15.3. The molecule has 0 spiro atoms. The highest BCUT2D eigenvalue weighted by molar-refractivity contribution is 5.25. The summed E-state index contributed by atoms with van der Waals surface area (Å²) in [6.07, 6.45) is 10.00. The highest BCUT2D eigenvalue weighted by Gasteiger charge is 2.33. The molecule has 0 amide bonds. The fraction of sp³-hybridized carbons (Fsp3) is 0.833. The molecule has 0 aliphatic heterocycles. The minimum Gasteiger partial charge on any atom is -0.307 e. The van der Waals surface area contributed by atoms with Crippen LogP contribution in [0.2, 0.25) is 0 Å². The molecule has 3 rings (SSSR count). The van der Waals surface area contributed by atoms with Crippen LogP contribution in [0.15, 0.2) is 6.20 Å². The zero-order chi connectivity index (χ0) is 15.0. The predicted octanol–water partition coefficient (Wildman–Crippen LogP) is 3.85. The fourth-order valence-electron chi connectivity index (χ4n) is 4.53. The lowest BCUT2D eigenvalue weighted by Gasteiger charge is -2.40. The van der Waals surface area contributed by atoms with E-state index in [2.05, 4.69) is 49.1 Å². The average molecular weight is 289 g/mol. The van der Waals surface area contributed by atoms with E-state index in [0.29, 0.717) is 12.1 Å². The largest absolute Gasteiger partial charge is 0.307 e. The van der Waals surface area contributed by atoms with E-state index in [9.17, 15) is 0 Å². The molecule has 0 saturated heterocycles. The van der Waals surface area contributed by atoms with Crippen molar-refractivity contribution >= 4 is 0 Å². The fourth-order valence-corrected chi connectivity index (χ4v) is 4.53.